The van der Waals surface area contributed by atoms with Crippen molar-refractivity contribution in [2.75, 3.05) is 32.1 Å². The number of pyridine rings is 1. The van der Waals surface area contributed by atoms with Crippen LogP contribution in [0, 0.1) is 17.1 Å². The zero-order chi connectivity index (χ0) is 19.8. The zero-order valence-electron chi connectivity index (χ0n) is 15.5. The van der Waals surface area contributed by atoms with Gasteiger partial charge in [0.15, 0.2) is 0 Å². The fourth-order valence-electron chi connectivity index (χ4n) is 3.47. The number of benzene rings is 1. The number of piperidine rings is 1. The number of hydrogen-bond donors (Lipinski definition) is 2. The molecule has 0 atom stereocenters. The van der Waals surface area contributed by atoms with Crippen molar-refractivity contribution in [2.45, 2.75) is 25.4 Å². The number of nitrogens with zero attached hydrogens (tertiary/aromatic N) is 2. The topological polar surface area (TPSA) is 98.2 Å². The Labute approximate surface area is 155 Å². The highest BCUT2D eigenvalue weighted by Gasteiger charge is 2.32. The Morgan fingerprint density at radius 1 is 1.41 bits per heavy atom. The minimum absolute atomic E-state index is 0.0771. The summed E-state index contributed by atoms with van der Waals surface area (Å²) in [6.45, 7) is 3.00. The number of nitrogens with one attached hydrogen (secondary N) is 2. The lowest BCUT2D eigenvalue weighted by Crippen LogP contribution is -2.44. The Kier molecular flexibility index (Phi) is 4.89. The highest BCUT2D eigenvalue weighted by atomic mass is 19.1. The molecule has 1 aromatic carbocycles. The van der Waals surface area contributed by atoms with E-state index < -0.39 is 17.3 Å². The van der Waals surface area contributed by atoms with E-state index in [-0.39, 0.29) is 33.3 Å². The van der Waals surface area contributed by atoms with Crippen molar-refractivity contribution in [1.82, 2.24) is 10.3 Å². The van der Waals surface area contributed by atoms with Crippen molar-refractivity contribution >= 4 is 22.5 Å². The SMILES string of the molecule is CNC(=O)c1ccc2[nH]c(=O)c(C#N)c(N3CCC(C)(OC)CC3)c2c1F. The van der Waals surface area contributed by atoms with Gasteiger partial charge in [-0.05, 0) is 31.9 Å². The monoisotopic (exact) mass is 372 g/mol. The largest absolute Gasteiger partial charge is 0.378 e. The van der Waals surface area contributed by atoms with Crippen LogP contribution in [0.25, 0.3) is 10.9 Å². The summed E-state index contributed by atoms with van der Waals surface area (Å²) in [6.07, 6.45) is 1.33. The summed E-state index contributed by atoms with van der Waals surface area (Å²) >= 11 is 0. The third kappa shape index (κ3) is 3.15. The number of H-pyrrole nitrogens is 1. The number of carbonyl (C=O) groups excluding carboxylic acids is 1. The van der Waals surface area contributed by atoms with Crippen molar-refractivity contribution in [3.8, 4) is 6.07 Å². The molecule has 142 valence electrons. The van der Waals surface area contributed by atoms with E-state index in [4.69, 9.17) is 4.74 Å². The molecule has 3 rings (SSSR count). The molecule has 1 aromatic heterocycles. The normalized spacial score (nSPS) is 16.2. The third-order valence-electron chi connectivity index (χ3n) is 5.30. The first kappa shape index (κ1) is 18.9. The van der Waals surface area contributed by atoms with Gasteiger partial charge in [0.2, 0.25) is 0 Å². The molecule has 2 heterocycles. The predicted molar refractivity (Wildman–Crippen MR) is 99.5 cm³/mol. The third-order valence-corrected chi connectivity index (χ3v) is 5.30. The van der Waals surface area contributed by atoms with Gasteiger partial charge >= 0.3 is 0 Å². The summed E-state index contributed by atoms with van der Waals surface area (Å²) < 4.78 is 20.8. The average Bonchev–Trinajstić information content (AvgIpc) is 2.67. The fourth-order valence-corrected chi connectivity index (χ4v) is 3.47. The van der Waals surface area contributed by atoms with Crippen LogP contribution in [0.5, 0.6) is 0 Å². The molecular formula is C19H21FN4O3. The summed E-state index contributed by atoms with van der Waals surface area (Å²) in [4.78, 5) is 28.7. The first-order valence-electron chi connectivity index (χ1n) is 8.66. The molecule has 0 spiro atoms. The van der Waals surface area contributed by atoms with Gasteiger partial charge in [-0.3, -0.25) is 9.59 Å². The highest BCUT2D eigenvalue weighted by molar-refractivity contribution is 6.02. The summed E-state index contributed by atoms with van der Waals surface area (Å²) in [5.74, 6) is -1.33. The van der Waals surface area contributed by atoms with Gasteiger partial charge in [0, 0.05) is 27.2 Å². The Balaban J connectivity index is 2.25. The summed E-state index contributed by atoms with van der Waals surface area (Å²) in [6, 6.07) is 4.70. The molecule has 8 heteroatoms. The van der Waals surface area contributed by atoms with Crippen LogP contribution in [-0.2, 0) is 4.74 Å². The smallest absolute Gasteiger partial charge is 0.268 e. The number of methoxy groups -OCH3 is 1. The number of hydrogen-bond acceptors (Lipinski definition) is 5. The van der Waals surface area contributed by atoms with Gasteiger partial charge in [-0.1, -0.05) is 0 Å². The van der Waals surface area contributed by atoms with Crippen LogP contribution in [-0.4, -0.2) is 43.7 Å². The van der Waals surface area contributed by atoms with Crippen molar-refractivity contribution in [3.63, 3.8) is 0 Å². The fraction of sp³-hybridized carbons (Fsp3) is 0.421. The second-order valence-corrected chi connectivity index (χ2v) is 6.86. The average molecular weight is 372 g/mol. The highest BCUT2D eigenvalue weighted by Crippen LogP contribution is 2.35. The Morgan fingerprint density at radius 3 is 2.63 bits per heavy atom. The maximum Gasteiger partial charge on any atom is 0.268 e. The molecule has 0 bridgehead atoms. The maximum atomic E-state index is 15.2. The van der Waals surface area contributed by atoms with Crippen LogP contribution in [0.15, 0.2) is 16.9 Å². The number of fused-ring (bicyclic) bond motifs is 1. The number of halogens is 1. The van der Waals surface area contributed by atoms with Gasteiger partial charge in [0.25, 0.3) is 11.5 Å². The van der Waals surface area contributed by atoms with Gasteiger partial charge in [0.05, 0.1) is 27.8 Å². The molecular weight excluding hydrogens is 351 g/mol. The lowest BCUT2D eigenvalue weighted by molar-refractivity contribution is -0.0132. The van der Waals surface area contributed by atoms with Crippen molar-refractivity contribution < 1.29 is 13.9 Å². The molecule has 7 nitrogen and oxygen atoms in total. The first-order chi connectivity index (χ1) is 12.8. The number of anilines is 1. The van der Waals surface area contributed by atoms with E-state index >= 15 is 4.39 Å². The summed E-state index contributed by atoms with van der Waals surface area (Å²) in [5, 5.41) is 12.0. The summed E-state index contributed by atoms with van der Waals surface area (Å²) in [7, 11) is 3.06. The van der Waals surface area contributed by atoms with E-state index in [1.807, 2.05) is 17.9 Å². The van der Waals surface area contributed by atoms with Gasteiger partial charge in [-0.15, -0.1) is 0 Å². The molecule has 1 fully saturated rings. The van der Waals surface area contributed by atoms with E-state index in [0.717, 1.165) is 0 Å². The first-order valence-corrected chi connectivity index (χ1v) is 8.66. The molecule has 1 amide bonds. The van der Waals surface area contributed by atoms with E-state index in [0.29, 0.717) is 25.9 Å². The Hall–Kier alpha value is -2.92. The molecule has 0 radical (unpaired) electrons. The maximum absolute atomic E-state index is 15.2. The molecule has 0 unspecified atom stereocenters. The molecule has 2 aromatic rings. The molecule has 1 saturated heterocycles. The van der Waals surface area contributed by atoms with Gasteiger partial charge < -0.3 is 19.9 Å². The van der Waals surface area contributed by atoms with Crippen molar-refractivity contribution in [3.05, 3.63) is 39.4 Å². The summed E-state index contributed by atoms with van der Waals surface area (Å²) in [5.41, 5.74) is -0.687. The van der Waals surface area contributed by atoms with E-state index in [1.165, 1.54) is 19.2 Å². The molecule has 1 aliphatic heterocycles. The number of ether oxygens (including phenoxy) is 1. The van der Waals surface area contributed by atoms with Crippen LogP contribution in [0.3, 0.4) is 0 Å². The number of nitriles is 1. The van der Waals surface area contributed by atoms with Crippen molar-refractivity contribution in [1.29, 1.82) is 5.26 Å². The lowest BCUT2D eigenvalue weighted by atomic mass is 9.92. The molecule has 0 aliphatic carbocycles. The molecule has 2 N–H and O–H groups in total. The minimum atomic E-state index is -0.755. The number of amides is 1. The standard InChI is InChI=1S/C19H21FN4O3/c1-19(27-3)6-8-24(9-7-19)16-12(10-21)18(26)23-13-5-4-11(17(25)22-2)15(20)14(13)16/h4-5H,6-9H2,1-3H3,(H,22,25)(H,23,26). The molecule has 0 saturated carbocycles. The van der Waals surface area contributed by atoms with E-state index in [1.54, 1.807) is 7.11 Å². The number of aromatic amines is 1. The van der Waals surface area contributed by atoms with Crippen LogP contribution < -0.4 is 15.8 Å². The van der Waals surface area contributed by atoms with E-state index in [9.17, 15) is 14.9 Å². The van der Waals surface area contributed by atoms with Gasteiger partial charge in [0.1, 0.15) is 17.4 Å². The van der Waals surface area contributed by atoms with Gasteiger partial charge in [-0.25, -0.2) is 4.39 Å². The number of carbonyl (C=O) groups is 1. The Morgan fingerprint density at radius 2 is 2.07 bits per heavy atom. The quantitative estimate of drug-likeness (QED) is 0.858. The van der Waals surface area contributed by atoms with Crippen LogP contribution >= 0.6 is 0 Å². The van der Waals surface area contributed by atoms with Crippen LogP contribution in [0.4, 0.5) is 10.1 Å². The molecule has 27 heavy (non-hydrogen) atoms. The lowest BCUT2D eigenvalue weighted by Gasteiger charge is -2.40. The number of aromatic nitrogens is 1. The van der Waals surface area contributed by atoms with Gasteiger partial charge in [-0.2, -0.15) is 5.26 Å². The predicted octanol–water partition coefficient (Wildman–Crippen LogP) is 1.90. The van der Waals surface area contributed by atoms with Crippen molar-refractivity contribution in [2.24, 2.45) is 0 Å². The second-order valence-electron chi connectivity index (χ2n) is 6.86. The minimum Gasteiger partial charge on any atom is -0.378 e. The molecule has 1 aliphatic rings. The van der Waals surface area contributed by atoms with Crippen LogP contribution in [0.2, 0.25) is 0 Å². The van der Waals surface area contributed by atoms with E-state index in [2.05, 4.69) is 10.3 Å². The number of rotatable bonds is 3. The Bertz CT molecular complexity index is 1000. The zero-order valence-corrected chi connectivity index (χ0v) is 15.5. The second kappa shape index (κ2) is 7.00. The van der Waals surface area contributed by atoms with Crippen LogP contribution in [0.1, 0.15) is 35.7 Å².